The zero-order valence-electron chi connectivity index (χ0n) is 18.8. The van der Waals surface area contributed by atoms with Crippen LogP contribution in [-0.2, 0) is 4.79 Å². The van der Waals surface area contributed by atoms with Crippen LogP contribution in [0.4, 0.5) is 0 Å². The SMILES string of the molecule is CCCCCCCCCCCCCCCC(=O)O.NC[C@H](O)[C@@H](O)[C@H](O)[C@H](O)CO. The highest BCUT2D eigenvalue weighted by atomic mass is 16.4. The molecular formula is C22H47NO7. The molecule has 8 heteroatoms. The van der Waals surface area contributed by atoms with Crippen molar-refractivity contribution >= 4 is 5.97 Å². The molecular weight excluding hydrogens is 390 g/mol. The van der Waals surface area contributed by atoms with Crippen molar-refractivity contribution in [3.8, 4) is 0 Å². The number of nitrogens with two attached hydrogens (primary N) is 1. The number of unbranched alkanes of at least 4 members (excludes halogenated alkanes) is 12. The van der Waals surface area contributed by atoms with Gasteiger partial charge in [0.15, 0.2) is 0 Å². The molecule has 0 spiro atoms. The molecule has 0 saturated heterocycles. The van der Waals surface area contributed by atoms with E-state index in [-0.39, 0.29) is 6.54 Å². The van der Waals surface area contributed by atoms with Gasteiger partial charge in [0.05, 0.1) is 12.7 Å². The van der Waals surface area contributed by atoms with Gasteiger partial charge in [-0.15, -0.1) is 0 Å². The molecule has 0 heterocycles. The summed E-state index contributed by atoms with van der Waals surface area (Å²) in [7, 11) is 0. The van der Waals surface area contributed by atoms with E-state index in [1.807, 2.05) is 0 Å². The van der Waals surface area contributed by atoms with Crippen LogP contribution in [0.1, 0.15) is 96.8 Å². The Labute approximate surface area is 182 Å². The van der Waals surface area contributed by atoms with Crippen molar-refractivity contribution in [1.82, 2.24) is 0 Å². The Kier molecular flexibility index (Phi) is 24.0. The van der Waals surface area contributed by atoms with Crippen LogP contribution in [0.25, 0.3) is 0 Å². The molecule has 182 valence electrons. The quantitative estimate of drug-likeness (QED) is 0.151. The topological polar surface area (TPSA) is 164 Å². The van der Waals surface area contributed by atoms with Gasteiger partial charge in [0, 0.05) is 13.0 Å². The first-order chi connectivity index (χ1) is 14.3. The lowest BCUT2D eigenvalue weighted by Crippen LogP contribution is -2.48. The van der Waals surface area contributed by atoms with E-state index in [1.165, 1.54) is 70.6 Å². The maximum Gasteiger partial charge on any atom is 0.303 e. The summed E-state index contributed by atoms with van der Waals surface area (Å²) < 4.78 is 0. The van der Waals surface area contributed by atoms with Crippen molar-refractivity contribution in [2.75, 3.05) is 13.2 Å². The number of carboxylic acid groups (broad SMARTS) is 1. The monoisotopic (exact) mass is 437 g/mol. The molecule has 0 saturated carbocycles. The lowest BCUT2D eigenvalue weighted by Gasteiger charge is -2.24. The van der Waals surface area contributed by atoms with Gasteiger partial charge < -0.3 is 36.4 Å². The molecule has 0 fully saturated rings. The minimum atomic E-state index is -1.59. The first-order valence-corrected chi connectivity index (χ1v) is 11.6. The van der Waals surface area contributed by atoms with E-state index in [0.29, 0.717) is 6.42 Å². The third-order valence-electron chi connectivity index (χ3n) is 5.06. The number of aliphatic hydroxyl groups excluding tert-OH is 5. The molecule has 30 heavy (non-hydrogen) atoms. The minimum Gasteiger partial charge on any atom is -0.481 e. The number of rotatable bonds is 19. The average molecular weight is 438 g/mol. The fourth-order valence-electron chi connectivity index (χ4n) is 3.00. The van der Waals surface area contributed by atoms with Crippen molar-refractivity contribution in [1.29, 1.82) is 0 Å². The van der Waals surface area contributed by atoms with Crippen molar-refractivity contribution in [2.24, 2.45) is 5.73 Å². The normalized spacial score (nSPS) is 15.0. The second kappa shape index (κ2) is 22.9. The first kappa shape index (κ1) is 31.4. The highest BCUT2D eigenvalue weighted by Crippen LogP contribution is 2.12. The maximum absolute atomic E-state index is 10.3. The number of aliphatic hydroxyl groups is 5. The molecule has 0 aromatic heterocycles. The lowest BCUT2D eigenvalue weighted by atomic mass is 10.0. The van der Waals surface area contributed by atoms with E-state index in [4.69, 9.17) is 36.4 Å². The number of hydrogen-bond acceptors (Lipinski definition) is 7. The Morgan fingerprint density at radius 1 is 0.700 bits per heavy atom. The van der Waals surface area contributed by atoms with Crippen molar-refractivity contribution < 1.29 is 35.4 Å². The van der Waals surface area contributed by atoms with Crippen LogP contribution in [0.3, 0.4) is 0 Å². The molecule has 0 aromatic carbocycles. The zero-order chi connectivity index (χ0) is 23.2. The van der Waals surface area contributed by atoms with Crippen molar-refractivity contribution in [2.45, 2.75) is 121 Å². The van der Waals surface area contributed by atoms with Gasteiger partial charge >= 0.3 is 5.97 Å². The zero-order valence-corrected chi connectivity index (χ0v) is 18.8. The molecule has 0 unspecified atom stereocenters. The van der Waals surface area contributed by atoms with E-state index in [9.17, 15) is 4.79 Å². The molecule has 8 nitrogen and oxygen atoms in total. The van der Waals surface area contributed by atoms with E-state index < -0.39 is 37.0 Å². The standard InChI is InChI=1S/C16H32O2.C6H15NO5/c1-2-3-4-5-6-7-8-9-10-11-12-13-14-15-16(17)18;7-1-3(9)5(11)6(12)4(10)2-8/h2-15H2,1H3,(H,17,18);3-6,8-12H,1-2,7H2/t;3-,4+,5+,6+/m.0/s1. The van der Waals surface area contributed by atoms with Crippen LogP contribution in [0.2, 0.25) is 0 Å². The Balaban J connectivity index is 0. The Morgan fingerprint density at radius 2 is 1.07 bits per heavy atom. The highest BCUT2D eigenvalue weighted by molar-refractivity contribution is 5.66. The Bertz CT molecular complexity index is 357. The summed E-state index contributed by atoms with van der Waals surface area (Å²) >= 11 is 0. The molecule has 0 aliphatic heterocycles. The van der Waals surface area contributed by atoms with Crippen LogP contribution < -0.4 is 5.73 Å². The molecule has 0 aliphatic rings. The van der Waals surface area contributed by atoms with Gasteiger partial charge in [0.25, 0.3) is 0 Å². The molecule has 0 bridgehead atoms. The molecule has 0 radical (unpaired) electrons. The molecule has 0 aromatic rings. The summed E-state index contributed by atoms with van der Waals surface area (Å²) in [6, 6.07) is 0. The summed E-state index contributed by atoms with van der Waals surface area (Å²) in [5.41, 5.74) is 4.99. The Hall–Kier alpha value is -0.770. The molecule has 8 N–H and O–H groups in total. The lowest BCUT2D eigenvalue weighted by molar-refractivity contribution is -0.137. The molecule has 4 atom stereocenters. The fraction of sp³-hybridized carbons (Fsp3) is 0.955. The summed E-state index contributed by atoms with van der Waals surface area (Å²) in [4.78, 5) is 10.3. The van der Waals surface area contributed by atoms with Crippen LogP contribution in [0, 0.1) is 0 Å². The highest BCUT2D eigenvalue weighted by Gasteiger charge is 2.28. The predicted octanol–water partition coefficient (Wildman–Crippen LogP) is 1.93. The second-order valence-electron chi connectivity index (χ2n) is 7.92. The summed E-state index contributed by atoms with van der Waals surface area (Å²) in [6.07, 6.45) is 11.4. The van der Waals surface area contributed by atoms with Crippen LogP contribution in [0.15, 0.2) is 0 Å². The number of aliphatic carboxylic acids is 1. The van der Waals surface area contributed by atoms with Crippen LogP contribution in [-0.4, -0.2) is 74.2 Å². The smallest absolute Gasteiger partial charge is 0.303 e. The number of carbonyl (C=O) groups is 1. The van der Waals surface area contributed by atoms with E-state index in [2.05, 4.69) is 6.92 Å². The third kappa shape index (κ3) is 20.5. The fourth-order valence-corrected chi connectivity index (χ4v) is 3.00. The van der Waals surface area contributed by atoms with Gasteiger partial charge in [0.2, 0.25) is 0 Å². The minimum absolute atomic E-state index is 0.226. The largest absolute Gasteiger partial charge is 0.481 e. The van der Waals surface area contributed by atoms with E-state index >= 15 is 0 Å². The van der Waals surface area contributed by atoms with Gasteiger partial charge in [-0.05, 0) is 6.42 Å². The number of carboxylic acids is 1. The summed E-state index contributed by atoms with van der Waals surface area (Å²) in [5.74, 6) is -0.655. The third-order valence-corrected chi connectivity index (χ3v) is 5.06. The van der Waals surface area contributed by atoms with Gasteiger partial charge in [-0.1, -0.05) is 84.0 Å². The van der Waals surface area contributed by atoms with E-state index in [0.717, 1.165) is 12.8 Å². The van der Waals surface area contributed by atoms with Gasteiger partial charge in [-0.25, -0.2) is 0 Å². The summed E-state index contributed by atoms with van der Waals surface area (Å²) in [6.45, 7) is 1.35. The van der Waals surface area contributed by atoms with Gasteiger partial charge in [-0.2, -0.15) is 0 Å². The molecule has 0 rings (SSSR count). The van der Waals surface area contributed by atoms with Crippen molar-refractivity contribution in [3.63, 3.8) is 0 Å². The maximum atomic E-state index is 10.3. The first-order valence-electron chi connectivity index (χ1n) is 11.6. The van der Waals surface area contributed by atoms with Crippen LogP contribution >= 0.6 is 0 Å². The van der Waals surface area contributed by atoms with E-state index in [1.54, 1.807) is 0 Å². The van der Waals surface area contributed by atoms with Crippen LogP contribution in [0.5, 0.6) is 0 Å². The Morgan fingerprint density at radius 3 is 1.40 bits per heavy atom. The summed E-state index contributed by atoms with van der Waals surface area (Å²) in [5, 5.41) is 52.7. The second-order valence-corrected chi connectivity index (χ2v) is 7.92. The predicted molar refractivity (Wildman–Crippen MR) is 118 cm³/mol. The molecule has 0 aliphatic carbocycles. The average Bonchev–Trinajstić information content (AvgIpc) is 2.74. The molecule has 0 amide bonds. The van der Waals surface area contributed by atoms with Crippen molar-refractivity contribution in [3.05, 3.63) is 0 Å². The van der Waals surface area contributed by atoms with Gasteiger partial charge in [-0.3, -0.25) is 4.79 Å². The van der Waals surface area contributed by atoms with Gasteiger partial charge in [0.1, 0.15) is 18.3 Å². The number of hydrogen-bond donors (Lipinski definition) is 7.